The lowest BCUT2D eigenvalue weighted by molar-refractivity contribution is -0.143. The van der Waals surface area contributed by atoms with Crippen LogP contribution in [0.5, 0.6) is 0 Å². The summed E-state index contributed by atoms with van der Waals surface area (Å²) in [5.41, 5.74) is 3.28. The molecule has 1 N–H and O–H groups in total. The van der Waals surface area contributed by atoms with E-state index < -0.39 is 35.6 Å². The first-order valence-electron chi connectivity index (χ1n) is 10.8. The van der Waals surface area contributed by atoms with Crippen molar-refractivity contribution in [2.24, 2.45) is 21.2 Å². The third-order valence-corrected chi connectivity index (χ3v) is 4.67. The Morgan fingerprint density at radius 3 is 2.09 bits per heavy atom. The molecule has 2 aromatic rings. The molecule has 0 aliphatic heterocycles. The van der Waals surface area contributed by atoms with Gasteiger partial charge in [-0.05, 0) is 57.5 Å². The van der Waals surface area contributed by atoms with Crippen molar-refractivity contribution in [2.45, 2.75) is 39.3 Å². The highest BCUT2D eigenvalue weighted by Gasteiger charge is 2.34. The van der Waals surface area contributed by atoms with Crippen LogP contribution in [-0.2, 0) is 19.0 Å². The highest BCUT2D eigenvalue weighted by Crippen LogP contribution is 2.31. The number of hydrogen-bond acceptors (Lipinski definition) is 9. The summed E-state index contributed by atoms with van der Waals surface area (Å²) >= 11 is 0. The Bertz CT molecular complexity index is 1080. The molecular weight excluding hydrogens is 452 g/mol. The van der Waals surface area contributed by atoms with Crippen molar-refractivity contribution in [1.29, 1.82) is 0 Å². The van der Waals surface area contributed by atoms with E-state index in [1.54, 1.807) is 64.1 Å². The number of hydrogen-bond donors (Lipinski definition) is 1. The minimum Gasteiger partial charge on any atom is -0.468 e. The quantitative estimate of drug-likeness (QED) is 0.186. The van der Waals surface area contributed by atoms with Crippen molar-refractivity contribution in [2.75, 3.05) is 14.2 Å². The molecule has 10 heteroatoms. The van der Waals surface area contributed by atoms with Crippen LogP contribution in [0.15, 0.2) is 69.9 Å². The van der Waals surface area contributed by atoms with Crippen LogP contribution in [0.2, 0.25) is 0 Å². The minimum absolute atomic E-state index is 0.219. The van der Waals surface area contributed by atoms with Crippen molar-refractivity contribution < 1.29 is 28.6 Å². The third kappa shape index (κ3) is 8.33. The van der Waals surface area contributed by atoms with E-state index in [1.165, 1.54) is 14.2 Å². The van der Waals surface area contributed by atoms with E-state index >= 15 is 0 Å². The van der Waals surface area contributed by atoms with Crippen molar-refractivity contribution in [3.63, 3.8) is 0 Å². The zero-order chi connectivity index (χ0) is 26.0. The number of nitrogens with one attached hydrogen (secondary N) is 1. The number of hydrazone groups is 1. The number of rotatable bonds is 8. The minimum atomic E-state index is -1.04. The summed E-state index contributed by atoms with van der Waals surface area (Å²) in [4.78, 5) is 36.8. The smallest absolute Gasteiger partial charge is 0.428 e. The van der Waals surface area contributed by atoms with Crippen LogP contribution >= 0.6 is 0 Å². The summed E-state index contributed by atoms with van der Waals surface area (Å²) < 4.78 is 15.0. The number of nitrogens with zero attached hydrogens (tertiary/aromatic N) is 3. The summed E-state index contributed by atoms with van der Waals surface area (Å²) in [5, 5.41) is 12.8. The van der Waals surface area contributed by atoms with Crippen molar-refractivity contribution in [3.8, 4) is 0 Å². The highest BCUT2D eigenvalue weighted by atomic mass is 16.6. The fourth-order valence-corrected chi connectivity index (χ4v) is 3.04. The van der Waals surface area contributed by atoms with E-state index in [1.807, 2.05) is 18.2 Å². The van der Waals surface area contributed by atoms with Crippen LogP contribution in [0.4, 0.5) is 10.5 Å². The molecule has 2 rings (SSSR count). The van der Waals surface area contributed by atoms with Gasteiger partial charge in [0.15, 0.2) is 0 Å². The number of azo groups is 1. The molecule has 0 radical (unpaired) electrons. The van der Waals surface area contributed by atoms with Crippen LogP contribution in [0.3, 0.4) is 0 Å². The summed E-state index contributed by atoms with van der Waals surface area (Å²) in [6, 6.07) is 14.5. The monoisotopic (exact) mass is 482 g/mol. The molecule has 35 heavy (non-hydrogen) atoms. The van der Waals surface area contributed by atoms with E-state index in [0.29, 0.717) is 16.8 Å². The van der Waals surface area contributed by atoms with Gasteiger partial charge in [-0.1, -0.05) is 30.3 Å². The molecule has 2 atom stereocenters. The van der Waals surface area contributed by atoms with Crippen molar-refractivity contribution in [1.82, 2.24) is 5.43 Å². The van der Waals surface area contributed by atoms with Crippen LogP contribution < -0.4 is 5.43 Å². The topological polar surface area (TPSA) is 128 Å². The van der Waals surface area contributed by atoms with Gasteiger partial charge in [-0.3, -0.25) is 4.79 Å². The molecule has 0 heterocycles. The molecule has 0 aromatic heterocycles. The zero-order valence-corrected chi connectivity index (χ0v) is 20.6. The van der Waals surface area contributed by atoms with Gasteiger partial charge >= 0.3 is 18.0 Å². The number of amides is 1. The normalized spacial score (nSPS) is 13.6. The fourth-order valence-electron chi connectivity index (χ4n) is 3.04. The predicted octanol–water partition coefficient (Wildman–Crippen LogP) is 4.99. The lowest BCUT2D eigenvalue weighted by Crippen LogP contribution is -2.33. The van der Waals surface area contributed by atoms with Gasteiger partial charge < -0.3 is 14.2 Å². The number of benzene rings is 2. The van der Waals surface area contributed by atoms with Crippen molar-refractivity contribution in [3.05, 3.63) is 65.7 Å². The molecule has 0 fully saturated rings. The Hall–Kier alpha value is -4.08. The lowest BCUT2D eigenvalue weighted by Gasteiger charge is -2.22. The number of carbonyl (C=O) groups excluding carboxylic acids is 3. The van der Waals surface area contributed by atoms with E-state index in [0.717, 1.165) is 0 Å². The molecule has 0 saturated carbocycles. The summed E-state index contributed by atoms with van der Waals surface area (Å²) in [6.45, 7) is 6.72. The van der Waals surface area contributed by atoms with Gasteiger partial charge in [0.1, 0.15) is 17.6 Å². The highest BCUT2D eigenvalue weighted by molar-refractivity contribution is 6.02. The molecule has 10 nitrogen and oxygen atoms in total. The average Bonchev–Trinajstić information content (AvgIpc) is 2.84. The summed E-state index contributed by atoms with van der Waals surface area (Å²) in [7, 11) is 2.54. The molecule has 0 aliphatic rings. The molecule has 0 bridgehead atoms. The molecule has 1 amide bonds. The molecule has 2 aromatic carbocycles. The van der Waals surface area contributed by atoms with Gasteiger partial charge in [-0.2, -0.15) is 15.3 Å². The van der Waals surface area contributed by atoms with E-state index in [-0.39, 0.29) is 5.71 Å². The van der Waals surface area contributed by atoms with Crippen LogP contribution in [0, 0.1) is 5.92 Å². The number of ether oxygens (including phenoxy) is 3. The second-order valence-corrected chi connectivity index (χ2v) is 8.48. The molecule has 0 aliphatic carbocycles. The Kier molecular flexibility index (Phi) is 9.63. The lowest BCUT2D eigenvalue weighted by atomic mass is 9.89. The Balaban J connectivity index is 2.48. The number of carbonyl (C=O) groups is 3. The zero-order valence-electron chi connectivity index (χ0n) is 20.6. The van der Waals surface area contributed by atoms with Crippen LogP contribution in [0.1, 0.15) is 49.7 Å². The summed E-state index contributed by atoms with van der Waals surface area (Å²) in [6.07, 6.45) is -0.773. The van der Waals surface area contributed by atoms with E-state index in [2.05, 4.69) is 20.8 Å². The number of methoxy groups -OCH3 is 2. The van der Waals surface area contributed by atoms with Gasteiger partial charge in [0.25, 0.3) is 0 Å². The second kappa shape index (κ2) is 12.4. The molecule has 2 unspecified atom stereocenters. The Morgan fingerprint density at radius 2 is 1.54 bits per heavy atom. The van der Waals surface area contributed by atoms with E-state index in [4.69, 9.17) is 14.2 Å². The maximum atomic E-state index is 12.9. The van der Waals surface area contributed by atoms with Gasteiger partial charge in [-0.15, -0.1) is 0 Å². The molecule has 0 spiro atoms. The van der Waals surface area contributed by atoms with Crippen LogP contribution in [-0.4, -0.2) is 43.6 Å². The second-order valence-electron chi connectivity index (χ2n) is 8.48. The molecular formula is C25H30N4O6. The maximum Gasteiger partial charge on any atom is 0.428 e. The first-order chi connectivity index (χ1) is 16.6. The molecule has 0 saturated heterocycles. The standard InChI is InChI=1S/C25H30N4O6/c1-16(26-29-24(32)35-25(2,3)4)20(23(31)34-6)21(28-27-19-10-8-7-9-11-19)17-12-14-18(15-13-17)22(30)33-5/h7-15,20-21H,1-6H3,(H,29,32)/b26-16+,28-27?. The summed E-state index contributed by atoms with van der Waals surface area (Å²) in [5.74, 6) is -2.17. The SMILES string of the molecule is COC(=O)c1ccc(C(N=Nc2ccccc2)C(C(=O)OC)/C(C)=N/NC(=O)OC(C)(C)C)cc1. The van der Waals surface area contributed by atoms with Gasteiger partial charge in [0, 0.05) is 0 Å². The maximum absolute atomic E-state index is 12.9. The first-order valence-corrected chi connectivity index (χ1v) is 10.8. The van der Waals surface area contributed by atoms with Crippen LogP contribution in [0.25, 0.3) is 0 Å². The fraction of sp³-hybridized carbons (Fsp3) is 0.360. The van der Waals surface area contributed by atoms with Gasteiger partial charge in [0.05, 0.1) is 31.2 Å². The number of esters is 2. The van der Waals surface area contributed by atoms with Gasteiger partial charge in [0.2, 0.25) is 0 Å². The van der Waals surface area contributed by atoms with Crippen molar-refractivity contribution >= 4 is 29.4 Å². The Labute approximate surface area is 204 Å². The largest absolute Gasteiger partial charge is 0.468 e. The third-order valence-electron chi connectivity index (χ3n) is 4.67. The Morgan fingerprint density at radius 1 is 0.914 bits per heavy atom. The average molecular weight is 483 g/mol. The first kappa shape index (κ1) is 27.2. The van der Waals surface area contributed by atoms with Gasteiger partial charge in [-0.25, -0.2) is 15.0 Å². The molecule has 186 valence electrons. The van der Waals surface area contributed by atoms with E-state index in [9.17, 15) is 14.4 Å². The predicted molar refractivity (Wildman–Crippen MR) is 129 cm³/mol.